The number of hydrogen-bond acceptors (Lipinski definition) is 2. The summed E-state index contributed by atoms with van der Waals surface area (Å²) in [5.74, 6) is 1.05. The molecule has 2 heteroatoms. The van der Waals surface area contributed by atoms with Crippen LogP contribution in [0.3, 0.4) is 0 Å². The minimum atomic E-state index is 0.532. The van der Waals surface area contributed by atoms with Crippen molar-refractivity contribution in [3.8, 4) is 0 Å². The molecule has 3 aliphatic rings. The number of anilines is 1. The van der Waals surface area contributed by atoms with E-state index in [1.165, 1.54) is 24.8 Å². The topological polar surface area (TPSA) is 38.0 Å². The molecule has 0 aliphatic heterocycles. The van der Waals surface area contributed by atoms with E-state index in [1.807, 2.05) is 12.1 Å². The number of rotatable bonds is 4. The maximum atomic E-state index is 5.79. The van der Waals surface area contributed by atoms with Crippen LogP contribution in [0.25, 0.3) is 0 Å². The molecule has 0 saturated heterocycles. The highest BCUT2D eigenvalue weighted by Gasteiger charge is 2.56. The number of nitrogens with two attached hydrogens (primary N) is 1. The molecule has 1 unspecified atom stereocenters. The standard InChI is InChI=1S/C14H20N2/c1-10(16-14-7-12(8-14)9-14)5-11-3-2-4-13(15)6-11/h2-4,6,10,12,16H,5,7-9,15H2,1H3. The summed E-state index contributed by atoms with van der Waals surface area (Å²) in [6.45, 7) is 2.28. The van der Waals surface area contributed by atoms with Crippen LogP contribution in [-0.2, 0) is 6.42 Å². The average Bonchev–Trinajstić information content (AvgIpc) is 2.09. The lowest BCUT2D eigenvalue weighted by atomic mass is 9.49. The molecular formula is C14H20N2. The van der Waals surface area contributed by atoms with E-state index in [0.717, 1.165) is 18.0 Å². The lowest BCUT2D eigenvalue weighted by molar-refractivity contribution is -0.0574. The fraction of sp³-hybridized carbons (Fsp3) is 0.571. The molecular weight excluding hydrogens is 196 g/mol. The maximum Gasteiger partial charge on any atom is 0.0316 e. The molecule has 2 bridgehead atoms. The molecule has 86 valence electrons. The second-order valence-electron chi connectivity index (χ2n) is 5.75. The van der Waals surface area contributed by atoms with Crippen LogP contribution < -0.4 is 11.1 Å². The average molecular weight is 216 g/mol. The Bertz CT molecular complexity index is 382. The van der Waals surface area contributed by atoms with E-state index >= 15 is 0 Å². The molecule has 4 rings (SSSR count). The Kier molecular flexibility index (Phi) is 2.21. The number of nitrogens with one attached hydrogen (secondary N) is 1. The Morgan fingerprint density at radius 1 is 1.44 bits per heavy atom. The highest BCUT2D eigenvalue weighted by molar-refractivity contribution is 5.40. The monoisotopic (exact) mass is 216 g/mol. The molecule has 3 aliphatic carbocycles. The second kappa shape index (κ2) is 3.49. The van der Waals surface area contributed by atoms with E-state index in [0.29, 0.717) is 11.6 Å². The van der Waals surface area contributed by atoms with Crippen LogP contribution in [0.4, 0.5) is 5.69 Å². The Labute approximate surface area is 97.2 Å². The van der Waals surface area contributed by atoms with Gasteiger partial charge < -0.3 is 11.1 Å². The Morgan fingerprint density at radius 2 is 2.19 bits per heavy atom. The van der Waals surface area contributed by atoms with Gasteiger partial charge in [-0.05, 0) is 56.2 Å². The Balaban J connectivity index is 1.57. The van der Waals surface area contributed by atoms with Gasteiger partial charge in [-0.25, -0.2) is 0 Å². The van der Waals surface area contributed by atoms with E-state index in [4.69, 9.17) is 5.73 Å². The smallest absolute Gasteiger partial charge is 0.0316 e. The molecule has 0 heterocycles. The predicted molar refractivity (Wildman–Crippen MR) is 67.2 cm³/mol. The van der Waals surface area contributed by atoms with Crippen LogP contribution in [0.5, 0.6) is 0 Å². The van der Waals surface area contributed by atoms with Crippen LogP contribution in [0.2, 0.25) is 0 Å². The summed E-state index contributed by atoms with van der Waals surface area (Å²) in [4.78, 5) is 0. The summed E-state index contributed by atoms with van der Waals surface area (Å²) < 4.78 is 0. The first-order valence-corrected chi connectivity index (χ1v) is 6.27. The predicted octanol–water partition coefficient (Wildman–Crippen LogP) is 2.34. The van der Waals surface area contributed by atoms with Crippen LogP contribution >= 0.6 is 0 Å². The van der Waals surface area contributed by atoms with Crippen LogP contribution in [0.15, 0.2) is 24.3 Å². The first-order chi connectivity index (χ1) is 7.65. The van der Waals surface area contributed by atoms with Crippen molar-refractivity contribution >= 4 is 5.69 Å². The second-order valence-corrected chi connectivity index (χ2v) is 5.75. The molecule has 3 N–H and O–H groups in total. The normalized spacial score (nSPS) is 32.7. The third-order valence-corrected chi connectivity index (χ3v) is 4.08. The van der Waals surface area contributed by atoms with Crippen LogP contribution in [0, 0.1) is 5.92 Å². The quantitative estimate of drug-likeness (QED) is 0.758. The van der Waals surface area contributed by atoms with Gasteiger partial charge in [0.1, 0.15) is 0 Å². The van der Waals surface area contributed by atoms with Crippen molar-refractivity contribution < 1.29 is 0 Å². The van der Waals surface area contributed by atoms with Gasteiger partial charge in [0, 0.05) is 17.3 Å². The Hall–Kier alpha value is -1.02. The van der Waals surface area contributed by atoms with Gasteiger partial charge in [0.05, 0.1) is 0 Å². The largest absolute Gasteiger partial charge is 0.399 e. The maximum absolute atomic E-state index is 5.79. The van der Waals surface area contributed by atoms with E-state index in [2.05, 4.69) is 24.4 Å². The minimum Gasteiger partial charge on any atom is -0.399 e. The van der Waals surface area contributed by atoms with Crippen molar-refractivity contribution in [2.75, 3.05) is 5.73 Å². The molecule has 3 saturated carbocycles. The minimum absolute atomic E-state index is 0.532. The molecule has 0 spiro atoms. The molecule has 2 nitrogen and oxygen atoms in total. The van der Waals surface area contributed by atoms with Gasteiger partial charge in [-0.15, -0.1) is 0 Å². The third kappa shape index (κ3) is 1.71. The molecule has 3 fully saturated rings. The van der Waals surface area contributed by atoms with Crippen LogP contribution in [0.1, 0.15) is 31.7 Å². The first-order valence-electron chi connectivity index (χ1n) is 6.27. The summed E-state index contributed by atoms with van der Waals surface area (Å²) in [7, 11) is 0. The lowest BCUT2D eigenvalue weighted by Crippen LogP contribution is -2.68. The molecule has 1 aromatic carbocycles. The molecule has 16 heavy (non-hydrogen) atoms. The van der Waals surface area contributed by atoms with Crippen molar-refractivity contribution in [3.63, 3.8) is 0 Å². The van der Waals surface area contributed by atoms with Gasteiger partial charge in [-0.2, -0.15) is 0 Å². The SMILES string of the molecule is CC(Cc1cccc(N)c1)NC12CC(C1)C2. The van der Waals surface area contributed by atoms with Crippen molar-refractivity contribution in [1.29, 1.82) is 0 Å². The van der Waals surface area contributed by atoms with Crippen LogP contribution in [-0.4, -0.2) is 11.6 Å². The third-order valence-electron chi connectivity index (χ3n) is 4.08. The first kappa shape index (κ1) is 10.2. The van der Waals surface area contributed by atoms with E-state index in [-0.39, 0.29) is 0 Å². The lowest BCUT2D eigenvalue weighted by Gasteiger charge is -2.63. The Morgan fingerprint density at radius 3 is 2.75 bits per heavy atom. The van der Waals surface area contributed by atoms with Gasteiger partial charge in [0.25, 0.3) is 0 Å². The molecule has 0 amide bonds. The van der Waals surface area contributed by atoms with Crippen molar-refractivity contribution in [2.45, 2.75) is 44.2 Å². The van der Waals surface area contributed by atoms with E-state index in [1.54, 1.807) is 0 Å². The number of hydrogen-bond donors (Lipinski definition) is 2. The van der Waals surface area contributed by atoms with E-state index in [9.17, 15) is 0 Å². The van der Waals surface area contributed by atoms with Crippen molar-refractivity contribution in [1.82, 2.24) is 5.32 Å². The summed E-state index contributed by atoms with van der Waals surface area (Å²) in [6, 6.07) is 8.79. The van der Waals surface area contributed by atoms with Gasteiger partial charge in [-0.1, -0.05) is 12.1 Å². The van der Waals surface area contributed by atoms with Gasteiger partial charge in [-0.3, -0.25) is 0 Å². The molecule has 0 radical (unpaired) electrons. The fourth-order valence-electron chi connectivity index (χ4n) is 3.30. The van der Waals surface area contributed by atoms with Gasteiger partial charge in [0.15, 0.2) is 0 Å². The zero-order chi connectivity index (χ0) is 11.2. The summed E-state index contributed by atoms with van der Waals surface area (Å²) >= 11 is 0. The zero-order valence-corrected chi connectivity index (χ0v) is 9.87. The number of nitrogen functional groups attached to an aromatic ring is 1. The van der Waals surface area contributed by atoms with Crippen molar-refractivity contribution in [3.05, 3.63) is 29.8 Å². The summed E-state index contributed by atoms with van der Waals surface area (Å²) in [5.41, 5.74) is 8.53. The fourth-order valence-corrected chi connectivity index (χ4v) is 3.30. The van der Waals surface area contributed by atoms with Gasteiger partial charge in [0.2, 0.25) is 0 Å². The van der Waals surface area contributed by atoms with Gasteiger partial charge >= 0.3 is 0 Å². The summed E-state index contributed by atoms with van der Waals surface area (Å²) in [5, 5.41) is 3.79. The summed E-state index contributed by atoms with van der Waals surface area (Å²) in [6.07, 6.45) is 5.31. The zero-order valence-electron chi connectivity index (χ0n) is 9.87. The highest BCUT2D eigenvalue weighted by Crippen LogP contribution is 2.57. The molecule has 1 atom stereocenters. The van der Waals surface area contributed by atoms with Crippen molar-refractivity contribution in [2.24, 2.45) is 5.92 Å². The number of benzene rings is 1. The molecule has 0 aromatic heterocycles. The van der Waals surface area contributed by atoms with E-state index < -0.39 is 0 Å². The highest BCUT2D eigenvalue weighted by atomic mass is 15.1. The molecule has 1 aromatic rings.